The highest BCUT2D eigenvalue weighted by molar-refractivity contribution is 5.89. The number of para-hydroxylation sites is 1. The summed E-state index contributed by atoms with van der Waals surface area (Å²) in [6.45, 7) is 0. The maximum atomic E-state index is 11.6. The Balaban J connectivity index is 2.01. The molecule has 0 spiro atoms. The number of benzene rings is 2. The van der Waals surface area contributed by atoms with E-state index in [1.807, 2.05) is 60.8 Å². The molecule has 3 aromatic rings. The second-order valence-corrected chi connectivity index (χ2v) is 4.87. The zero-order valence-corrected chi connectivity index (χ0v) is 10.9. The Morgan fingerprint density at radius 1 is 1.05 bits per heavy atom. The molecule has 20 heavy (non-hydrogen) atoms. The molecule has 0 aliphatic rings. The molecule has 2 aromatic carbocycles. The van der Waals surface area contributed by atoms with Gasteiger partial charge in [0.15, 0.2) is 0 Å². The maximum Gasteiger partial charge on any atom is 0.311 e. The summed E-state index contributed by atoms with van der Waals surface area (Å²) < 4.78 is 0. The Kier molecular flexibility index (Phi) is 3.25. The van der Waals surface area contributed by atoms with Crippen molar-refractivity contribution in [2.45, 2.75) is 12.3 Å². The van der Waals surface area contributed by atoms with Crippen LogP contribution in [0, 0.1) is 0 Å². The molecule has 0 radical (unpaired) electrons. The van der Waals surface area contributed by atoms with Gasteiger partial charge in [-0.1, -0.05) is 48.5 Å². The van der Waals surface area contributed by atoms with Gasteiger partial charge in [0.05, 0.1) is 5.92 Å². The molecule has 0 aliphatic heterocycles. The average Bonchev–Trinajstić information content (AvgIpc) is 2.89. The third-order valence-corrected chi connectivity index (χ3v) is 3.58. The van der Waals surface area contributed by atoms with E-state index in [4.69, 9.17) is 0 Å². The van der Waals surface area contributed by atoms with Crippen LogP contribution in [0.25, 0.3) is 10.9 Å². The van der Waals surface area contributed by atoms with Crippen molar-refractivity contribution in [1.82, 2.24) is 4.98 Å². The third kappa shape index (κ3) is 2.30. The second kappa shape index (κ2) is 5.21. The summed E-state index contributed by atoms with van der Waals surface area (Å²) in [4.78, 5) is 14.8. The maximum absolute atomic E-state index is 11.6. The molecular weight excluding hydrogens is 250 g/mol. The van der Waals surface area contributed by atoms with Crippen LogP contribution >= 0.6 is 0 Å². The van der Waals surface area contributed by atoms with Gasteiger partial charge in [-0.3, -0.25) is 4.79 Å². The SMILES string of the molecule is O=C(O)[C@@H](Cc1ccccc1)c1c[nH]c2ccccc12. The number of hydrogen-bond acceptors (Lipinski definition) is 1. The van der Waals surface area contributed by atoms with Crippen molar-refractivity contribution in [3.63, 3.8) is 0 Å². The summed E-state index contributed by atoms with van der Waals surface area (Å²) in [5.74, 6) is -1.33. The molecule has 3 heteroatoms. The Labute approximate surface area is 116 Å². The average molecular weight is 265 g/mol. The molecule has 100 valence electrons. The monoisotopic (exact) mass is 265 g/mol. The highest BCUT2D eigenvalue weighted by Gasteiger charge is 2.23. The molecule has 1 aromatic heterocycles. The van der Waals surface area contributed by atoms with E-state index in [9.17, 15) is 9.90 Å². The summed E-state index contributed by atoms with van der Waals surface area (Å²) in [6, 6.07) is 17.5. The van der Waals surface area contributed by atoms with Gasteiger partial charge in [0, 0.05) is 17.1 Å². The summed E-state index contributed by atoms with van der Waals surface area (Å²) in [5.41, 5.74) is 2.85. The minimum atomic E-state index is -0.793. The number of carbonyl (C=O) groups is 1. The quantitative estimate of drug-likeness (QED) is 0.757. The molecular formula is C17H15NO2. The van der Waals surface area contributed by atoms with Crippen LogP contribution in [0.2, 0.25) is 0 Å². The van der Waals surface area contributed by atoms with Gasteiger partial charge in [0.1, 0.15) is 0 Å². The smallest absolute Gasteiger partial charge is 0.311 e. The molecule has 0 amide bonds. The first kappa shape index (κ1) is 12.5. The molecule has 0 unspecified atom stereocenters. The standard InChI is InChI=1S/C17H15NO2/c19-17(20)14(10-12-6-2-1-3-7-12)15-11-18-16-9-5-4-8-13(15)16/h1-9,11,14,18H,10H2,(H,19,20)/t14-/m0/s1. The van der Waals surface area contributed by atoms with Crippen molar-refractivity contribution in [3.8, 4) is 0 Å². The Morgan fingerprint density at radius 3 is 2.50 bits per heavy atom. The van der Waals surface area contributed by atoms with Crippen LogP contribution in [0.3, 0.4) is 0 Å². The molecule has 1 atom stereocenters. The normalized spacial score (nSPS) is 12.4. The second-order valence-electron chi connectivity index (χ2n) is 4.87. The number of H-pyrrole nitrogens is 1. The lowest BCUT2D eigenvalue weighted by Gasteiger charge is -2.11. The minimum Gasteiger partial charge on any atom is -0.481 e. The summed E-state index contributed by atoms with van der Waals surface area (Å²) >= 11 is 0. The van der Waals surface area contributed by atoms with Crippen LogP contribution in [-0.2, 0) is 11.2 Å². The van der Waals surface area contributed by atoms with Crippen LogP contribution in [0.15, 0.2) is 60.8 Å². The molecule has 2 N–H and O–H groups in total. The molecule has 0 bridgehead atoms. The van der Waals surface area contributed by atoms with Gasteiger partial charge in [-0.25, -0.2) is 0 Å². The van der Waals surface area contributed by atoms with Gasteiger partial charge in [-0.15, -0.1) is 0 Å². The fraction of sp³-hybridized carbons (Fsp3) is 0.118. The first-order valence-electron chi connectivity index (χ1n) is 6.58. The van der Waals surface area contributed by atoms with Crippen molar-refractivity contribution in [2.24, 2.45) is 0 Å². The first-order valence-corrected chi connectivity index (χ1v) is 6.58. The van der Waals surface area contributed by atoms with E-state index in [-0.39, 0.29) is 0 Å². The van der Waals surface area contributed by atoms with Gasteiger partial charge < -0.3 is 10.1 Å². The van der Waals surface area contributed by atoms with Gasteiger partial charge in [-0.05, 0) is 23.6 Å². The predicted molar refractivity (Wildman–Crippen MR) is 78.8 cm³/mol. The number of carboxylic acid groups (broad SMARTS) is 1. The lowest BCUT2D eigenvalue weighted by Crippen LogP contribution is -2.14. The van der Waals surface area contributed by atoms with E-state index in [1.54, 1.807) is 0 Å². The van der Waals surface area contributed by atoms with Gasteiger partial charge >= 0.3 is 5.97 Å². The number of hydrogen-bond donors (Lipinski definition) is 2. The molecule has 0 fully saturated rings. The zero-order chi connectivity index (χ0) is 13.9. The van der Waals surface area contributed by atoms with E-state index < -0.39 is 11.9 Å². The summed E-state index contributed by atoms with van der Waals surface area (Å²) in [7, 11) is 0. The van der Waals surface area contributed by atoms with E-state index in [1.165, 1.54) is 0 Å². The fourth-order valence-corrected chi connectivity index (χ4v) is 2.56. The summed E-state index contributed by atoms with van der Waals surface area (Å²) in [5, 5.41) is 10.5. The van der Waals surface area contributed by atoms with Gasteiger partial charge in [0.2, 0.25) is 0 Å². The zero-order valence-electron chi connectivity index (χ0n) is 10.9. The minimum absolute atomic E-state index is 0.498. The van der Waals surface area contributed by atoms with Crippen LogP contribution < -0.4 is 0 Å². The van der Waals surface area contributed by atoms with E-state index in [0.717, 1.165) is 22.0 Å². The predicted octanol–water partition coefficient (Wildman–Crippen LogP) is 3.58. The van der Waals surface area contributed by atoms with Crippen LogP contribution in [0.4, 0.5) is 0 Å². The largest absolute Gasteiger partial charge is 0.481 e. The highest BCUT2D eigenvalue weighted by atomic mass is 16.4. The Morgan fingerprint density at radius 2 is 1.75 bits per heavy atom. The van der Waals surface area contributed by atoms with E-state index in [2.05, 4.69) is 4.98 Å². The number of carboxylic acids is 1. The molecule has 0 saturated carbocycles. The molecule has 0 aliphatic carbocycles. The van der Waals surface area contributed by atoms with Crippen molar-refractivity contribution in [1.29, 1.82) is 0 Å². The van der Waals surface area contributed by atoms with Crippen molar-refractivity contribution < 1.29 is 9.90 Å². The van der Waals surface area contributed by atoms with Gasteiger partial charge in [0.25, 0.3) is 0 Å². The van der Waals surface area contributed by atoms with Crippen molar-refractivity contribution in [2.75, 3.05) is 0 Å². The van der Waals surface area contributed by atoms with Crippen LogP contribution in [0.1, 0.15) is 17.0 Å². The number of fused-ring (bicyclic) bond motifs is 1. The molecule has 3 nitrogen and oxygen atoms in total. The summed E-state index contributed by atoms with van der Waals surface area (Å²) in [6.07, 6.45) is 2.31. The highest BCUT2D eigenvalue weighted by Crippen LogP contribution is 2.28. The van der Waals surface area contributed by atoms with Crippen molar-refractivity contribution >= 4 is 16.9 Å². The van der Waals surface area contributed by atoms with Crippen LogP contribution in [0.5, 0.6) is 0 Å². The van der Waals surface area contributed by atoms with E-state index >= 15 is 0 Å². The third-order valence-electron chi connectivity index (χ3n) is 3.58. The number of aromatic amines is 1. The first-order chi connectivity index (χ1) is 9.75. The van der Waals surface area contributed by atoms with Crippen LogP contribution in [-0.4, -0.2) is 16.1 Å². The lowest BCUT2D eigenvalue weighted by atomic mass is 9.92. The Hall–Kier alpha value is -2.55. The molecule has 0 saturated heterocycles. The molecule has 1 heterocycles. The molecule has 3 rings (SSSR count). The fourth-order valence-electron chi connectivity index (χ4n) is 2.56. The number of aliphatic carboxylic acids is 1. The lowest BCUT2D eigenvalue weighted by molar-refractivity contribution is -0.138. The van der Waals surface area contributed by atoms with Gasteiger partial charge in [-0.2, -0.15) is 0 Å². The Bertz CT molecular complexity index is 731. The van der Waals surface area contributed by atoms with E-state index in [0.29, 0.717) is 6.42 Å². The topological polar surface area (TPSA) is 53.1 Å². The van der Waals surface area contributed by atoms with Crippen molar-refractivity contribution in [3.05, 3.63) is 71.9 Å². The number of aromatic nitrogens is 1. The number of rotatable bonds is 4. The number of nitrogens with one attached hydrogen (secondary N) is 1.